The zero-order valence-corrected chi connectivity index (χ0v) is 21.5. The first-order chi connectivity index (χ1) is 15.6. The average molecular weight is 450 g/mol. The van der Waals surface area contributed by atoms with Crippen LogP contribution in [0.25, 0.3) is 0 Å². The van der Waals surface area contributed by atoms with Crippen molar-refractivity contribution >= 4 is 11.8 Å². The van der Waals surface area contributed by atoms with E-state index in [1.54, 1.807) is 19.9 Å². The van der Waals surface area contributed by atoms with Crippen molar-refractivity contribution in [1.29, 1.82) is 5.26 Å². The quantitative estimate of drug-likeness (QED) is 0.335. The van der Waals surface area contributed by atoms with Crippen LogP contribution in [-0.4, -0.2) is 34.2 Å². The van der Waals surface area contributed by atoms with Gasteiger partial charge in [0.05, 0.1) is 0 Å². The van der Waals surface area contributed by atoms with Crippen molar-refractivity contribution in [2.24, 2.45) is 11.8 Å². The molecule has 2 rings (SSSR count). The topological polar surface area (TPSA) is 64.4 Å². The predicted octanol–water partition coefficient (Wildman–Crippen LogP) is 6.04. The van der Waals surface area contributed by atoms with Gasteiger partial charge in [0.15, 0.2) is 0 Å². The highest BCUT2D eigenvalue weighted by molar-refractivity contribution is 6.18. The Kier molecular flexibility index (Phi) is 9.05. The second-order valence-corrected chi connectivity index (χ2v) is 9.64. The molecule has 0 aromatic carbocycles. The normalized spacial score (nSPS) is 18.6. The van der Waals surface area contributed by atoms with E-state index in [1.165, 1.54) is 16.3 Å². The maximum atomic E-state index is 13.3. The Labute approximate surface area is 199 Å². The van der Waals surface area contributed by atoms with Crippen LogP contribution < -0.4 is 0 Å². The van der Waals surface area contributed by atoms with Gasteiger partial charge < -0.3 is 4.90 Å². The first-order valence-corrected chi connectivity index (χ1v) is 12.2. The Morgan fingerprint density at radius 1 is 0.909 bits per heavy atom. The van der Waals surface area contributed by atoms with Gasteiger partial charge in [-0.1, -0.05) is 54.0 Å². The summed E-state index contributed by atoms with van der Waals surface area (Å²) < 4.78 is 0. The Balaban J connectivity index is 2.68. The Hall–Kier alpha value is -2.87. The lowest BCUT2D eigenvalue weighted by atomic mass is 9.89. The van der Waals surface area contributed by atoms with Crippen LogP contribution in [0.4, 0.5) is 0 Å². The molecule has 0 unspecified atom stereocenters. The molecule has 2 aliphatic rings. The van der Waals surface area contributed by atoms with Gasteiger partial charge in [-0.05, 0) is 67.9 Å². The molecule has 5 nitrogen and oxygen atoms in total. The van der Waals surface area contributed by atoms with E-state index in [2.05, 4.69) is 57.7 Å². The molecular formula is C28H39N3O2. The van der Waals surface area contributed by atoms with Gasteiger partial charge in [-0.15, -0.1) is 0 Å². The van der Waals surface area contributed by atoms with Gasteiger partial charge in [-0.2, -0.15) is 5.26 Å². The first kappa shape index (κ1) is 26.4. The summed E-state index contributed by atoms with van der Waals surface area (Å²) in [5.74, 6) is -0.0798. The van der Waals surface area contributed by atoms with Crippen LogP contribution in [0, 0.1) is 23.2 Å². The second kappa shape index (κ2) is 11.3. The van der Waals surface area contributed by atoms with Gasteiger partial charge in [0.2, 0.25) is 0 Å². The summed E-state index contributed by atoms with van der Waals surface area (Å²) in [5, 5.41) is 9.72. The van der Waals surface area contributed by atoms with E-state index in [9.17, 15) is 14.9 Å². The van der Waals surface area contributed by atoms with Crippen molar-refractivity contribution in [3.63, 3.8) is 0 Å². The third-order valence-corrected chi connectivity index (χ3v) is 5.96. The van der Waals surface area contributed by atoms with E-state index >= 15 is 0 Å². The fourth-order valence-corrected chi connectivity index (χ4v) is 4.40. The summed E-state index contributed by atoms with van der Waals surface area (Å²) in [7, 11) is 0. The van der Waals surface area contributed by atoms with Crippen LogP contribution >= 0.6 is 0 Å². The summed E-state index contributed by atoms with van der Waals surface area (Å²) in [6.45, 7) is 17.5. The van der Waals surface area contributed by atoms with E-state index in [0.29, 0.717) is 29.4 Å². The third kappa shape index (κ3) is 5.55. The molecule has 2 heterocycles. The molecule has 5 heteroatoms. The molecule has 0 radical (unpaired) electrons. The van der Waals surface area contributed by atoms with Crippen molar-refractivity contribution < 1.29 is 9.59 Å². The highest BCUT2D eigenvalue weighted by Gasteiger charge is 2.37. The highest BCUT2D eigenvalue weighted by atomic mass is 16.2. The number of allylic oxidation sites excluding steroid dienone is 7. The van der Waals surface area contributed by atoms with Crippen molar-refractivity contribution in [3.05, 3.63) is 58.0 Å². The number of nitrogens with zero attached hydrogens (tertiary/aromatic N) is 3. The summed E-state index contributed by atoms with van der Waals surface area (Å²) in [4.78, 5) is 29.8. The summed E-state index contributed by atoms with van der Waals surface area (Å²) in [5.41, 5.74) is 4.66. The van der Waals surface area contributed by atoms with Gasteiger partial charge in [0.25, 0.3) is 11.8 Å². The lowest BCUT2D eigenvalue weighted by molar-refractivity contribution is -0.142. The number of hydrogen-bond donors (Lipinski definition) is 0. The van der Waals surface area contributed by atoms with E-state index in [-0.39, 0.29) is 17.5 Å². The molecule has 2 aliphatic heterocycles. The minimum atomic E-state index is -0.484. The number of carbonyl (C=O) groups excluding carboxylic acids is 2. The molecule has 0 saturated carbocycles. The Morgan fingerprint density at radius 3 is 1.91 bits per heavy atom. The van der Waals surface area contributed by atoms with Crippen LogP contribution in [0.15, 0.2) is 58.0 Å². The van der Waals surface area contributed by atoms with Crippen LogP contribution in [0.5, 0.6) is 0 Å². The standard InChI is InChI=1S/C28H39N3O2/c1-9-11-22-23(27(32)31(20(7)8)28(33)24(22)17-29)13-12-21-15-25(18(3)4)30(14-10-2)26(16-21)19(5)6/h12-13,15-16,18-20H,9-11,14H2,1-8H3/b23-13+. The van der Waals surface area contributed by atoms with Gasteiger partial charge >= 0.3 is 0 Å². The zero-order chi connectivity index (χ0) is 24.9. The number of amides is 2. The lowest BCUT2D eigenvalue weighted by Crippen LogP contribution is -2.46. The number of hydrogen-bond acceptors (Lipinski definition) is 4. The molecule has 0 N–H and O–H groups in total. The minimum absolute atomic E-state index is 0.0874. The molecule has 178 valence electrons. The van der Waals surface area contributed by atoms with E-state index < -0.39 is 5.91 Å². The number of imide groups is 1. The summed E-state index contributed by atoms with van der Waals surface area (Å²) in [6.07, 6.45) is 10.5. The fraction of sp³-hybridized carbons (Fsp3) is 0.536. The summed E-state index contributed by atoms with van der Waals surface area (Å²) in [6, 6.07) is 1.75. The SMILES string of the molecule is CCCC1=C(C#N)C(=O)N(C(C)C)C(=O)/C1=C/C=C1C=C(C(C)C)N(CCC)C(C(C)C)=C1. The molecule has 0 aromatic rings. The van der Waals surface area contributed by atoms with Crippen LogP contribution in [0.2, 0.25) is 0 Å². The molecule has 0 saturated heterocycles. The highest BCUT2D eigenvalue weighted by Crippen LogP contribution is 2.33. The largest absolute Gasteiger partial charge is 0.348 e. The average Bonchev–Trinajstić information content (AvgIpc) is 2.74. The van der Waals surface area contributed by atoms with Crippen LogP contribution in [0.3, 0.4) is 0 Å². The van der Waals surface area contributed by atoms with E-state index in [1.807, 2.05) is 13.0 Å². The Bertz CT molecular complexity index is 953. The van der Waals surface area contributed by atoms with Gasteiger partial charge in [-0.25, -0.2) is 0 Å². The Morgan fingerprint density at radius 2 is 1.48 bits per heavy atom. The van der Waals surface area contributed by atoms with Gasteiger partial charge in [-0.3, -0.25) is 14.5 Å². The van der Waals surface area contributed by atoms with Crippen molar-refractivity contribution in [1.82, 2.24) is 9.80 Å². The monoisotopic (exact) mass is 449 g/mol. The van der Waals surface area contributed by atoms with Crippen LogP contribution in [0.1, 0.15) is 74.7 Å². The predicted molar refractivity (Wildman–Crippen MR) is 134 cm³/mol. The van der Waals surface area contributed by atoms with Crippen molar-refractivity contribution in [3.8, 4) is 6.07 Å². The van der Waals surface area contributed by atoms with E-state index in [4.69, 9.17) is 0 Å². The summed E-state index contributed by atoms with van der Waals surface area (Å²) >= 11 is 0. The second-order valence-electron chi connectivity index (χ2n) is 9.64. The fourth-order valence-electron chi connectivity index (χ4n) is 4.40. The lowest BCUT2D eigenvalue weighted by Gasteiger charge is -2.37. The first-order valence-electron chi connectivity index (χ1n) is 12.2. The molecule has 0 fully saturated rings. The smallest absolute Gasteiger partial charge is 0.271 e. The molecule has 33 heavy (non-hydrogen) atoms. The molecule has 0 spiro atoms. The number of nitriles is 1. The number of carbonyl (C=O) groups is 2. The van der Waals surface area contributed by atoms with E-state index in [0.717, 1.165) is 25.0 Å². The van der Waals surface area contributed by atoms with Gasteiger partial charge in [0, 0.05) is 29.6 Å². The van der Waals surface area contributed by atoms with Gasteiger partial charge in [0.1, 0.15) is 11.6 Å². The molecule has 2 amide bonds. The maximum Gasteiger partial charge on any atom is 0.271 e. The van der Waals surface area contributed by atoms with Crippen molar-refractivity contribution in [2.75, 3.05) is 6.54 Å². The molecule has 0 aromatic heterocycles. The third-order valence-electron chi connectivity index (χ3n) is 5.96. The minimum Gasteiger partial charge on any atom is -0.348 e. The molecule has 0 aliphatic carbocycles. The maximum absolute atomic E-state index is 13.3. The number of rotatable bonds is 8. The molecule has 0 atom stereocenters. The zero-order valence-electron chi connectivity index (χ0n) is 21.5. The molecular weight excluding hydrogens is 410 g/mol. The van der Waals surface area contributed by atoms with Crippen LogP contribution in [-0.2, 0) is 9.59 Å². The van der Waals surface area contributed by atoms with Crippen molar-refractivity contribution in [2.45, 2.75) is 80.7 Å². The molecule has 0 bridgehead atoms.